The van der Waals surface area contributed by atoms with Crippen LogP contribution < -0.4 is 10.1 Å². The topological polar surface area (TPSA) is 21.3 Å². The predicted octanol–water partition coefficient (Wildman–Crippen LogP) is 2.21. The quantitative estimate of drug-likeness (QED) is 0.791. The summed E-state index contributed by atoms with van der Waals surface area (Å²) < 4.78 is 5.73. The van der Waals surface area contributed by atoms with Gasteiger partial charge in [-0.05, 0) is 38.4 Å². The molecular formula is C12H17NO. The summed E-state index contributed by atoms with van der Waals surface area (Å²) in [5, 5.41) is 3.48. The molecule has 0 aliphatic carbocycles. The van der Waals surface area contributed by atoms with Gasteiger partial charge in [-0.1, -0.05) is 18.2 Å². The smallest absolute Gasteiger partial charge is 0.119 e. The molecule has 0 bridgehead atoms. The van der Waals surface area contributed by atoms with Crippen molar-refractivity contribution in [2.24, 2.45) is 0 Å². The second-order valence-electron chi connectivity index (χ2n) is 4.19. The van der Waals surface area contributed by atoms with Gasteiger partial charge in [-0.2, -0.15) is 0 Å². The Labute approximate surface area is 85.3 Å². The average molecular weight is 191 g/mol. The van der Waals surface area contributed by atoms with Gasteiger partial charge in [0.25, 0.3) is 0 Å². The lowest BCUT2D eigenvalue weighted by molar-refractivity contribution is 0.213. The number of ether oxygens (including phenoxy) is 1. The molecule has 0 radical (unpaired) electrons. The van der Waals surface area contributed by atoms with Crippen molar-refractivity contribution in [1.82, 2.24) is 5.32 Å². The zero-order valence-electron chi connectivity index (χ0n) is 8.62. The Morgan fingerprint density at radius 3 is 2.79 bits per heavy atom. The second-order valence-corrected chi connectivity index (χ2v) is 4.19. The molecule has 1 fully saturated rings. The zero-order chi connectivity index (χ0) is 9.86. The minimum absolute atomic E-state index is 0.176. The molecular weight excluding hydrogens is 174 g/mol. The Bertz CT molecular complexity index is 278. The number of nitrogens with one attached hydrogen (secondary N) is 1. The summed E-state index contributed by atoms with van der Waals surface area (Å²) in [7, 11) is 0. The number of para-hydroxylation sites is 1. The standard InChI is InChI=1S/C12H17NO/c1-12(8-5-9-13-12)10-14-11-6-3-2-4-7-11/h2-4,6-7,13H,5,8-10H2,1H3. The molecule has 14 heavy (non-hydrogen) atoms. The van der Waals surface area contributed by atoms with Crippen LogP contribution in [0.1, 0.15) is 19.8 Å². The highest BCUT2D eigenvalue weighted by Gasteiger charge is 2.28. The lowest BCUT2D eigenvalue weighted by atomic mass is 10.0. The SMILES string of the molecule is CC1(COc2ccccc2)CCCN1. The highest BCUT2D eigenvalue weighted by atomic mass is 16.5. The Morgan fingerprint density at radius 2 is 2.14 bits per heavy atom. The van der Waals surface area contributed by atoms with Gasteiger partial charge in [0.05, 0.1) is 0 Å². The molecule has 1 saturated heterocycles. The Kier molecular flexibility index (Phi) is 2.73. The Balaban J connectivity index is 1.88. The van der Waals surface area contributed by atoms with Crippen LogP contribution in [0.25, 0.3) is 0 Å². The van der Waals surface area contributed by atoms with Crippen LogP contribution >= 0.6 is 0 Å². The van der Waals surface area contributed by atoms with Crippen molar-refractivity contribution in [3.63, 3.8) is 0 Å². The minimum Gasteiger partial charge on any atom is -0.492 e. The van der Waals surface area contributed by atoms with E-state index in [1.54, 1.807) is 0 Å². The van der Waals surface area contributed by atoms with Gasteiger partial charge >= 0.3 is 0 Å². The predicted molar refractivity (Wildman–Crippen MR) is 57.6 cm³/mol. The van der Waals surface area contributed by atoms with Crippen molar-refractivity contribution in [3.05, 3.63) is 30.3 Å². The molecule has 2 nitrogen and oxygen atoms in total. The molecule has 2 heteroatoms. The maximum atomic E-state index is 5.73. The molecule has 0 saturated carbocycles. The summed E-state index contributed by atoms with van der Waals surface area (Å²) in [6.07, 6.45) is 2.47. The van der Waals surface area contributed by atoms with E-state index in [9.17, 15) is 0 Å². The summed E-state index contributed by atoms with van der Waals surface area (Å²) in [5.41, 5.74) is 0.176. The van der Waals surface area contributed by atoms with E-state index in [4.69, 9.17) is 4.74 Å². The van der Waals surface area contributed by atoms with Crippen molar-refractivity contribution in [3.8, 4) is 5.75 Å². The zero-order valence-corrected chi connectivity index (χ0v) is 8.62. The second kappa shape index (κ2) is 4.01. The fourth-order valence-corrected chi connectivity index (χ4v) is 1.84. The van der Waals surface area contributed by atoms with E-state index in [1.165, 1.54) is 12.8 Å². The number of rotatable bonds is 3. The van der Waals surface area contributed by atoms with Crippen molar-refractivity contribution in [2.75, 3.05) is 13.2 Å². The molecule has 1 aromatic carbocycles. The summed E-state index contributed by atoms with van der Waals surface area (Å²) in [5.74, 6) is 0.961. The monoisotopic (exact) mass is 191 g/mol. The van der Waals surface area contributed by atoms with Gasteiger partial charge in [0.15, 0.2) is 0 Å². The van der Waals surface area contributed by atoms with Crippen LogP contribution in [-0.4, -0.2) is 18.7 Å². The number of benzene rings is 1. The normalized spacial score (nSPS) is 26.4. The van der Waals surface area contributed by atoms with E-state index >= 15 is 0 Å². The van der Waals surface area contributed by atoms with Gasteiger partial charge in [-0.25, -0.2) is 0 Å². The fourth-order valence-electron chi connectivity index (χ4n) is 1.84. The van der Waals surface area contributed by atoms with Gasteiger partial charge in [0, 0.05) is 5.54 Å². The molecule has 1 aliphatic rings. The number of hydrogen-bond acceptors (Lipinski definition) is 2. The lowest BCUT2D eigenvalue weighted by Crippen LogP contribution is -2.42. The maximum absolute atomic E-state index is 5.73. The van der Waals surface area contributed by atoms with Gasteiger partial charge in [-0.3, -0.25) is 0 Å². The first-order chi connectivity index (χ1) is 6.79. The van der Waals surface area contributed by atoms with Crippen LogP contribution in [0.5, 0.6) is 5.75 Å². The minimum atomic E-state index is 0.176. The van der Waals surface area contributed by atoms with Crippen LogP contribution in [-0.2, 0) is 0 Å². The summed E-state index contributed by atoms with van der Waals surface area (Å²) in [6.45, 7) is 4.11. The third kappa shape index (κ3) is 2.26. The summed E-state index contributed by atoms with van der Waals surface area (Å²) >= 11 is 0. The van der Waals surface area contributed by atoms with Gasteiger partial charge < -0.3 is 10.1 Å². The Hall–Kier alpha value is -1.02. The molecule has 1 aliphatic heterocycles. The molecule has 0 amide bonds. The van der Waals surface area contributed by atoms with Crippen molar-refractivity contribution >= 4 is 0 Å². The van der Waals surface area contributed by atoms with E-state index in [0.717, 1.165) is 18.9 Å². The average Bonchev–Trinajstić information content (AvgIpc) is 2.65. The molecule has 1 unspecified atom stereocenters. The van der Waals surface area contributed by atoms with E-state index in [1.807, 2.05) is 30.3 Å². The van der Waals surface area contributed by atoms with Gasteiger partial charge in [0.1, 0.15) is 12.4 Å². The Morgan fingerprint density at radius 1 is 1.36 bits per heavy atom. The molecule has 0 spiro atoms. The summed E-state index contributed by atoms with van der Waals surface area (Å²) in [4.78, 5) is 0. The molecule has 2 rings (SSSR count). The first-order valence-corrected chi connectivity index (χ1v) is 5.21. The van der Waals surface area contributed by atoms with Gasteiger partial charge in [0.2, 0.25) is 0 Å². The van der Waals surface area contributed by atoms with E-state index in [-0.39, 0.29) is 5.54 Å². The van der Waals surface area contributed by atoms with Crippen LogP contribution in [0, 0.1) is 0 Å². The van der Waals surface area contributed by atoms with E-state index in [2.05, 4.69) is 12.2 Å². The van der Waals surface area contributed by atoms with Crippen LogP contribution in [0.4, 0.5) is 0 Å². The van der Waals surface area contributed by atoms with Crippen LogP contribution in [0.2, 0.25) is 0 Å². The molecule has 1 N–H and O–H groups in total. The lowest BCUT2D eigenvalue weighted by Gasteiger charge is -2.24. The molecule has 1 atom stereocenters. The molecule has 1 heterocycles. The molecule has 76 valence electrons. The highest BCUT2D eigenvalue weighted by Crippen LogP contribution is 2.20. The van der Waals surface area contributed by atoms with E-state index in [0.29, 0.717) is 0 Å². The van der Waals surface area contributed by atoms with Crippen molar-refractivity contribution in [2.45, 2.75) is 25.3 Å². The van der Waals surface area contributed by atoms with Crippen LogP contribution in [0.15, 0.2) is 30.3 Å². The third-order valence-corrected chi connectivity index (χ3v) is 2.76. The van der Waals surface area contributed by atoms with Crippen molar-refractivity contribution < 1.29 is 4.74 Å². The first kappa shape index (κ1) is 9.53. The largest absolute Gasteiger partial charge is 0.492 e. The highest BCUT2D eigenvalue weighted by molar-refractivity contribution is 5.21. The fraction of sp³-hybridized carbons (Fsp3) is 0.500. The van der Waals surface area contributed by atoms with Gasteiger partial charge in [-0.15, -0.1) is 0 Å². The summed E-state index contributed by atoms with van der Waals surface area (Å²) in [6, 6.07) is 10.00. The number of hydrogen-bond donors (Lipinski definition) is 1. The molecule has 0 aromatic heterocycles. The van der Waals surface area contributed by atoms with Crippen LogP contribution in [0.3, 0.4) is 0 Å². The van der Waals surface area contributed by atoms with E-state index < -0.39 is 0 Å². The van der Waals surface area contributed by atoms with Crippen molar-refractivity contribution in [1.29, 1.82) is 0 Å². The molecule has 1 aromatic rings. The first-order valence-electron chi connectivity index (χ1n) is 5.21. The maximum Gasteiger partial charge on any atom is 0.119 e. The third-order valence-electron chi connectivity index (χ3n) is 2.76.